The Hall–Kier alpha value is -2.74. The summed E-state index contributed by atoms with van der Waals surface area (Å²) >= 11 is 0. The van der Waals surface area contributed by atoms with Crippen LogP contribution in [-0.4, -0.2) is 15.2 Å². The molecule has 0 bridgehead atoms. The van der Waals surface area contributed by atoms with Gasteiger partial charge in [-0.15, -0.1) is 0 Å². The minimum absolute atomic E-state index is 0.0948. The molecule has 8 heteroatoms. The molecule has 0 radical (unpaired) electrons. The van der Waals surface area contributed by atoms with E-state index in [0.29, 0.717) is 27.6 Å². The molecule has 0 atom stereocenters. The third-order valence-corrected chi connectivity index (χ3v) is 3.46. The van der Waals surface area contributed by atoms with E-state index < -0.39 is 11.7 Å². The number of H-pyrrole nitrogens is 1. The summed E-state index contributed by atoms with van der Waals surface area (Å²) in [7, 11) is 0. The lowest BCUT2D eigenvalue weighted by Crippen LogP contribution is -2.13. The van der Waals surface area contributed by atoms with Gasteiger partial charge in [0.05, 0.1) is 16.6 Å². The Morgan fingerprint density at radius 3 is 2.57 bits per heavy atom. The van der Waals surface area contributed by atoms with Crippen molar-refractivity contribution in [2.45, 2.75) is 12.7 Å². The zero-order valence-corrected chi connectivity index (χ0v) is 11.7. The molecule has 3 aromatic rings. The SMILES string of the molecule is NCc1n[nH]c(=O)c2ccc(-c3cncc(C(F)(F)F)c3)cc12. The number of benzene rings is 1. The van der Waals surface area contributed by atoms with Crippen molar-refractivity contribution in [3.63, 3.8) is 0 Å². The minimum atomic E-state index is -4.47. The number of hydrogen-bond acceptors (Lipinski definition) is 4. The van der Waals surface area contributed by atoms with Gasteiger partial charge in [0, 0.05) is 29.9 Å². The lowest BCUT2D eigenvalue weighted by molar-refractivity contribution is -0.137. The van der Waals surface area contributed by atoms with Gasteiger partial charge in [0.25, 0.3) is 5.56 Å². The summed E-state index contributed by atoms with van der Waals surface area (Å²) in [5.74, 6) is 0. The molecular formula is C15H11F3N4O. The van der Waals surface area contributed by atoms with Gasteiger partial charge in [0.2, 0.25) is 0 Å². The molecule has 2 aromatic heterocycles. The average Bonchev–Trinajstić information content (AvgIpc) is 2.54. The first-order valence-electron chi connectivity index (χ1n) is 6.64. The fourth-order valence-corrected chi connectivity index (χ4v) is 2.31. The smallest absolute Gasteiger partial charge is 0.325 e. The number of nitrogens with two attached hydrogens (primary N) is 1. The molecule has 0 saturated heterocycles. The van der Waals surface area contributed by atoms with Crippen molar-refractivity contribution < 1.29 is 13.2 Å². The number of hydrogen-bond donors (Lipinski definition) is 2. The van der Waals surface area contributed by atoms with Crippen LogP contribution in [0.3, 0.4) is 0 Å². The van der Waals surface area contributed by atoms with Gasteiger partial charge in [-0.05, 0) is 23.8 Å². The minimum Gasteiger partial charge on any atom is -0.325 e. The van der Waals surface area contributed by atoms with E-state index in [1.54, 1.807) is 12.1 Å². The van der Waals surface area contributed by atoms with Crippen LogP contribution in [0.4, 0.5) is 13.2 Å². The number of halogens is 3. The van der Waals surface area contributed by atoms with Crippen molar-refractivity contribution in [1.29, 1.82) is 0 Å². The molecule has 0 saturated carbocycles. The van der Waals surface area contributed by atoms with E-state index in [0.717, 1.165) is 12.3 Å². The molecular weight excluding hydrogens is 309 g/mol. The fourth-order valence-electron chi connectivity index (χ4n) is 2.31. The molecule has 23 heavy (non-hydrogen) atoms. The van der Waals surface area contributed by atoms with Gasteiger partial charge < -0.3 is 5.73 Å². The third kappa shape index (κ3) is 2.80. The Kier molecular flexibility index (Phi) is 3.61. The molecule has 2 heterocycles. The fraction of sp³-hybridized carbons (Fsp3) is 0.133. The molecule has 0 aliphatic rings. The second kappa shape index (κ2) is 5.47. The highest BCUT2D eigenvalue weighted by Gasteiger charge is 2.31. The second-order valence-electron chi connectivity index (χ2n) is 4.92. The van der Waals surface area contributed by atoms with Crippen molar-refractivity contribution in [2.24, 2.45) is 5.73 Å². The molecule has 0 amide bonds. The van der Waals surface area contributed by atoms with Gasteiger partial charge in [0.1, 0.15) is 0 Å². The Morgan fingerprint density at radius 2 is 1.87 bits per heavy atom. The number of pyridine rings is 1. The number of aromatic nitrogens is 3. The summed E-state index contributed by atoms with van der Waals surface area (Å²) in [4.78, 5) is 15.4. The number of aromatic amines is 1. The number of nitrogens with one attached hydrogen (secondary N) is 1. The van der Waals surface area contributed by atoms with Gasteiger partial charge in [-0.25, -0.2) is 5.10 Å². The van der Waals surface area contributed by atoms with Crippen LogP contribution >= 0.6 is 0 Å². The zero-order valence-electron chi connectivity index (χ0n) is 11.7. The highest BCUT2D eigenvalue weighted by atomic mass is 19.4. The van der Waals surface area contributed by atoms with E-state index in [1.165, 1.54) is 12.3 Å². The predicted molar refractivity (Wildman–Crippen MR) is 78.5 cm³/mol. The van der Waals surface area contributed by atoms with E-state index in [1.807, 2.05) is 0 Å². The molecule has 118 valence electrons. The molecule has 0 aliphatic heterocycles. The van der Waals surface area contributed by atoms with Crippen LogP contribution in [0.5, 0.6) is 0 Å². The largest absolute Gasteiger partial charge is 0.417 e. The summed E-state index contributed by atoms with van der Waals surface area (Å²) < 4.78 is 38.4. The maximum Gasteiger partial charge on any atom is 0.417 e. The lowest BCUT2D eigenvalue weighted by Gasteiger charge is -2.09. The van der Waals surface area contributed by atoms with Crippen molar-refractivity contribution >= 4 is 10.8 Å². The summed E-state index contributed by atoms with van der Waals surface area (Å²) in [6.07, 6.45) is -2.37. The summed E-state index contributed by atoms with van der Waals surface area (Å²) in [6.45, 7) is 0.0948. The Labute approximate surface area is 128 Å². The van der Waals surface area contributed by atoms with E-state index in [2.05, 4.69) is 15.2 Å². The topological polar surface area (TPSA) is 84.7 Å². The van der Waals surface area contributed by atoms with Crippen molar-refractivity contribution in [2.75, 3.05) is 0 Å². The summed E-state index contributed by atoms with van der Waals surface area (Å²) in [5, 5.41) is 7.08. The summed E-state index contributed by atoms with van der Waals surface area (Å²) in [6, 6.07) is 5.70. The number of alkyl halides is 3. The van der Waals surface area contributed by atoms with Crippen LogP contribution in [0.25, 0.3) is 21.9 Å². The highest BCUT2D eigenvalue weighted by molar-refractivity contribution is 5.88. The number of fused-ring (bicyclic) bond motifs is 1. The maximum atomic E-state index is 12.8. The first kappa shape index (κ1) is 15.2. The van der Waals surface area contributed by atoms with Crippen molar-refractivity contribution in [3.8, 4) is 11.1 Å². The van der Waals surface area contributed by atoms with Crippen LogP contribution < -0.4 is 11.3 Å². The summed E-state index contributed by atoms with van der Waals surface area (Å²) in [5.41, 5.74) is 5.63. The van der Waals surface area contributed by atoms with Gasteiger partial charge >= 0.3 is 6.18 Å². The normalized spacial score (nSPS) is 11.8. The van der Waals surface area contributed by atoms with Crippen LogP contribution in [0.15, 0.2) is 41.5 Å². The first-order chi connectivity index (χ1) is 10.9. The Bertz CT molecular complexity index is 934. The molecule has 3 N–H and O–H groups in total. The van der Waals surface area contributed by atoms with Crippen LogP contribution in [-0.2, 0) is 12.7 Å². The van der Waals surface area contributed by atoms with Crippen molar-refractivity contribution in [1.82, 2.24) is 15.2 Å². The number of rotatable bonds is 2. The van der Waals surface area contributed by atoms with Gasteiger partial charge in [-0.3, -0.25) is 9.78 Å². The Morgan fingerprint density at radius 1 is 1.09 bits per heavy atom. The lowest BCUT2D eigenvalue weighted by atomic mass is 10.0. The predicted octanol–water partition coefficient (Wildman–Crippen LogP) is 2.46. The van der Waals surface area contributed by atoms with Gasteiger partial charge in [0.15, 0.2) is 0 Å². The zero-order chi connectivity index (χ0) is 16.6. The monoisotopic (exact) mass is 320 g/mol. The Balaban J connectivity index is 2.20. The molecule has 0 aliphatic carbocycles. The van der Waals surface area contributed by atoms with Gasteiger partial charge in [-0.1, -0.05) is 6.07 Å². The quantitative estimate of drug-likeness (QED) is 0.759. The first-order valence-corrected chi connectivity index (χ1v) is 6.64. The van der Waals surface area contributed by atoms with Crippen LogP contribution in [0.1, 0.15) is 11.3 Å². The van der Waals surface area contributed by atoms with Crippen LogP contribution in [0.2, 0.25) is 0 Å². The van der Waals surface area contributed by atoms with Crippen LogP contribution in [0, 0.1) is 0 Å². The van der Waals surface area contributed by atoms with E-state index >= 15 is 0 Å². The molecule has 0 spiro atoms. The molecule has 5 nitrogen and oxygen atoms in total. The third-order valence-electron chi connectivity index (χ3n) is 3.46. The molecule has 3 rings (SSSR count). The molecule has 1 aromatic carbocycles. The van der Waals surface area contributed by atoms with E-state index in [9.17, 15) is 18.0 Å². The molecule has 0 unspecified atom stereocenters. The average molecular weight is 320 g/mol. The van der Waals surface area contributed by atoms with E-state index in [4.69, 9.17) is 5.73 Å². The van der Waals surface area contributed by atoms with E-state index in [-0.39, 0.29) is 12.1 Å². The number of nitrogens with zero attached hydrogens (tertiary/aromatic N) is 2. The van der Waals surface area contributed by atoms with Crippen molar-refractivity contribution in [3.05, 3.63) is 58.3 Å². The standard InChI is InChI=1S/C15H11F3N4O/c16-15(17,18)10-3-9(6-20-7-10)8-1-2-11-12(4-8)13(5-19)21-22-14(11)23/h1-4,6-7H,5,19H2,(H,22,23). The molecule has 0 fully saturated rings. The second-order valence-corrected chi connectivity index (χ2v) is 4.92. The van der Waals surface area contributed by atoms with Gasteiger partial charge in [-0.2, -0.15) is 18.3 Å². The maximum absolute atomic E-state index is 12.8. The highest BCUT2D eigenvalue weighted by Crippen LogP contribution is 2.32.